The minimum atomic E-state index is -0.227. The highest BCUT2D eigenvalue weighted by Gasteiger charge is 1.93. The Morgan fingerprint density at radius 1 is 1.64 bits per heavy atom. The number of rotatable bonds is 5. The Labute approximate surface area is 68.1 Å². The number of amides is 1. The summed E-state index contributed by atoms with van der Waals surface area (Å²) in [5, 5.41) is 2.59. The van der Waals surface area contributed by atoms with Gasteiger partial charge in [0.15, 0.2) is 0 Å². The van der Waals surface area contributed by atoms with E-state index in [2.05, 4.69) is 12.2 Å². The van der Waals surface area contributed by atoms with Gasteiger partial charge in [-0.1, -0.05) is 0 Å². The Morgan fingerprint density at radius 2 is 2.27 bits per heavy atom. The van der Waals surface area contributed by atoms with Gasteiger partial charge in [-0.3, -0.25) is 4.79 Å². The number of ether oxygens (including phenoxy) is 1. The van der Waals surface area contributed by atoms with Gasteiger partial charge in [-0.25, -0.2) is 0 Å². The van der Waals surface area contributed by atoms with Crippen LogP contribution in [0.1, 0.15) is 20.3 Å². The van der Waals surface area contributed by atoms with Crippen molar-refractivity contribution >= 4 is 5.91 Å². The molecular weight excluding hydrogens is 142 g/mol. The standard InChI is InChI=1S/C8H16NO2/c1-7(2)11-6-4-5-9-8(3)10/h7H,3-6H2,1-2H3,(H,9,10). The van der Waals surface area contributed by atoms with Crippen LogP contribution in [0.15, 0.2) is 0 Å². The molecule has 0 spiro atoms. The van der Waals surface area contributed by atoms with Crippen LogP contribution in [0.2, 0.25) is 0 Å². The molecule has 0 aliphatic rings. The number of carbonyl (C=O) groups is 1. The van der Waals surface area contributed by atoms with Crippen LogP contribution in [-0.4, -0.2) is 25.2 Å². The molecule has 11 heavy (non-hydrogen) atoms. The third-order valence-corrected chi connectivity index (χ3v) is 1.09. The van der Waals surface area contributed by atoms with E-state index in [1.807, 2.05) is 13.8 Å². The van der Waals surface area contributed by atoms with Gasteiger partial charge >= 0.3 is 0 Å². The van der Waals surface area contributed by atoms with Crippen molar-refractivity contribution in [1.29, 1.82) is 0 Å². The first kappa shape index (κ1) is 10.4. The lowest BCUT2D eigenvalue weighted by atomic mass is 10.4. The maximum Gasteiger partial charge on any atom is 0.220 e. The fourth-order valence-corrected chi connectivity index (χ4v) is 0.619. The van der Waals surface area contributed by atoms with Gasteiger partial charge in [-0.2, -0.15) is 0 Å². The third kappa shape index (κ3) is 9.43. The molecule has 0 unspecified atom stereocenters. The van der Waals surface area contributed by atoms with Gasteiger partial charge in [0, 0.05) is 20.1 Å². The molecule has 0 aromatic carbocycles. The van der Waals surface area contributed by atoms with Crippen LogP contribution in [0.4, 0.5) is 0 Å². The molecule has 65 valence electrons. The van der Waals surface area contributed by atoms with Crippen molar-refractivity contribution in [3.63, 3.8) is 0 Å². The lowest BCUT2D eigenvalue weighted by Gasteiger charge is -2.06. The summed E-state index contributed by atoms with van der Waals surface area (Å²) < 4.78 is 5.25. The largest absolute Gasteiger partial charge is 0.379 e. The summed E-state index contributed by atoms with van der Waals surface area (Å²) in [4.78, 5) is 10.3. The molecular formula is C8H16NO2. The lowest BCUT2D eigenvalue weighted by Crippen LogP contribution is -2.22. The molecule has 1 amide bonds. The highest BCUT2D eigenvalue weighted by atomic mass is 16.5. The van der Waals surface area contributed by atoms with Crippen LogP contribution in [0, 0.1) is 6.92 Å². The van der Waals surface area contributed by atoms with Crippen molar-refractivity contribution in [2.45, 2.75) is 26.4 Å². The van der Waals surface area contributed by atoms with Gasteiger partial charge in [0.1, 0.15) is 0 Å². The first-order valence-electron chi connectivity index (χ1n) is 3.84. The van der Waals surface area contributed by atoms with Crippen molar-refractivity contribution < 1.29 is 9.53 Å². The van der Waals surface area contributed by atoms with E-state index in [9.17, 15) is 4.79 Å². The van der Waals surface area contributed by atoms with Crippen molar-refractivity contribution in [1.82, 2.24) is 5.32 Å². The highest BCUT2D eigenvalue weighted by Crippen LogP contribution is 1.88. The summed E-state index contributed by atoms with van der Waals surface area (Å²) in [6.07, 6.45) is 1.12. The minimum absolute atomic E-state index is 0.227. The zero-order valence-corrected chi connectivity index (χ0v) is 7.22. The number of hydrogen-bond donors (Lipinski definition) is 1. The van der Waals surface area contributed by atoms with Crippen LogP contribution in [-0.2, 0) is 9.53 Å². The van der Waals surface area contributed by atoms with Crippen LogP contribution in [0.5, 0.6) is 0 Å². The molecule has 0 aliphatic carbocycles. The third-order valence-electron chi connectivity index (χ3n) is 1.09. The quantitative estimate of drug-likeness (QED) is 0.600. The summed E-state index contributed by atoms with van der Waals surface area (Å²) in [5.74, 6) is -0.227. The lowest BCUT2D eigenvalue weighted by molar-refractivity contribution is -0.116. The molecule has 3 heteroatoms. The second-order valence-electron chi connectivity index (χ2n) is 2.62. The number of carbonyl (C=O) groups excluding carboxylic acids is 1. The maximum absolute atomic E-state index is 10.3. The van der Waals surface area contributed by atoms with E-state index < -0.39 is 0 Å². The Morgan fingerprint density at radius 3 is 2.73 bits per heavy atom. The summed E-state index contributed by atoms with van der Waals surface area (Å²) in [7, 11) is 0. The highest BCUT2D eigenvalue weighted by molar-refractivity contribution is 5.79. The van der Waals surface area contributed by atoms with Gasteiger partial charge in [0.25, 0.3) is 0 Å². The summed E-state index contributed by atoms with van der Waals surface area (Å²) >= 11 is 0. The van der Waals surface area contributed by atoms with E-state index >= 15 is 0 Å². The first-order valence-corrected chi connectivity index (χ1v) is 3.84. The molecule has 0 saturated heterocycles. The van der Waals surface area contributed by atoms with E-state index in [0.717, 1.165) is 6.42 Å². The fraction of sp³-hybridized carbons (Fsp3) is 0.750. The Balaban J connectivity index is 2.97. The van der Waals surface area contributed by atoms with E-state index in [4.69, 9.17) is 4.74 Å². The summed E-state index contributed by atoms with van der Waals surface area (Å²) in [6.45, 7) is 8.49. The molecule has 0 heterocycles. The van der Waals surface area contributed by atoms with Crippen molar-refractivity contribution in [3.05, 3.63) is 6.92 Å². The molecule has 1 radical (unpaired) electrons. The van der Waals surface area contributed by atoms with E-state index in [0.29, 0.717) is 13.2 Å². The van der Waals surface area contributed by atoms with Gasteiger partial charge in [0.05, 0.1) is 6.10 Å². The zero-order valence-electron chi connectivity index (χ0n) is 7.22. The zero-order chi connectivity index (χ0) is 8.69. The molecule has 0 aromatic rings. The Kier molecular flexibility index (Phi) is 5.84. The smallest absolute Gasteiger partial charge is 0.220 e. The SMILES string of the molecule is [CH2]C(=O)NCCCOC(C)C. The predicted molar refractivity (Wildman–Crippen MR) is 44.1 cm³/mol. The molecule has 0 saturated carbocycles. The molecule has 0 aliphatic heterocycles. The second-order valence-corrected chi connectivity index (χ2v) is 2.62. The van der Waals surface area contributed by atoms with Gasteiger partial charge in [0.2, 0.25) is 5.91 Å². The van der Waals surface area contributed by atoms with Crippen molar-refractivity contribution in [3.8, 4) is 0 Å². The Hall–Kier alpha value is -0.570. The molecule has 0 bridgehead atoms. The molecule has 0 aromatic heterocycles. The monoisotopic (exact) mass is 158 g/mol. The molecule has 1 N–H and O–H groups in total. The molecule has 3 nitrogen and oxygen atoms in total. The minimum Gasteiger partial charge on any atom is -0.379 e. The fourth-order valence-electron chi connectivity index (χ4n) is 0.619. The van der Waals surface area contributed by atoms with Crippen LogP contribution in [0.3, 0.4) is 0 Å². The normalized spacial score (nSPS) is 10.2. The summed E-state index contributed by atoms with van der Waals surface area (Å²) in [5.41, 5.74) is 0. The molecule has 0 atom stereocenters. The topological polar surface area (TPSA) is 38.3 Å². The predicted octanol–water partition coefficient (Wildman–Crippen LogP) is 0.752. The van der Waals surface area contributed by atoms with E-state index in [1.165, 1.54) is 0 Å². The van der Waals surface area contributed by atoms with E-state index in [-0.39, 0.29) is 12.0 Å². The summed E-state index contributed by atoms with van der Waals surface area (Å²) in [6, 6.07) is 0. The Bertz CT molecular complexity index is 113. The second kappa shape index (κ2) is 6.16. The average molecular weight is 158 g/mol. The van der Waals surface area contributed by atoms with Crippen LogP contribution in [0.25, 0.3) is 0 Å². The van der Waals surface area contributed by atoms with Crippen molar-refractivity contribution in [2.24, 2.45) is 0 Å². The van der Waals surface area contributed by atoms with Gasteiger partial charge in [-0.15, -0.1) is 0 Å². The van der Waals surface area contributed by atoms with Crippen molar-refractivity contribution in [2.75, 3.05) is 13.2 Å². The van der Waals surface area contributed by atoms with Gasteiger partial charge in [-0.05, 0) is 20.3 Å². The average Bonchev–Trinajstić information content (AvgIpc) is 1.85. The van der Waals surface area contributed by atoms with Crippen LogP contribution >= 0.6 is 0 Å². The first-order chi connectivity index (χ1) is 5.13. The molecule has 0 fully saturated rings. The molecule has 0 rings (SSSR count). The maximum atomic E-state index is 10.3. The van der Waals surface area contributed by atoms with E-state index in [1.54, 1.807) is 0 Å². The number of hydrogen-bond acceptors (Lipinski definition) is 2. The van der Waals surface area contributed by atoms with Crippen LogP contribution < -0.4 is 5.32 Å². The number of nitrogens with one attached hydrogen (secondary N) is 1. The van der Waals surface area contributed by atoms with Gasteiger partial charge < -0.3 is 10.1 Å².